The number of likely N-dealkylation sites (N-methyl/N-ethyl adjacent to an activating group) is 2. The van der Waals surface area contributed by atoms with Crippen molar-refractivity contribution in [2.75, 3.05) is 40.8 Å². The van der Waals surface area contributed by atoms with E-state index in [0.717, 1.165) is 64.5 Å². The molecular formula is C28H44BrN5. The molecule has 0 aliphatic heterocycles. The lowest BCUT2D eigenvalue weighted by Crippen LogP contribution is -2.25. The molecule has 5 nitrogen and oxygen atoms in total. The Morgan fingerprint density at radius 2 is 1.76 bits per heavy atom. The number of hydrogen-bond acceptors (Lipinski definition) is 5. The van der Waals surface area contributed by atoms with Crippen LogP contribution in [0.25, 0.3) is 0 Å². The van der Waals surface area contributed by atoms with Crippen LogP contribution < -0.4 is 10.6 Å². The van der Waals surface area contributed by atoms with Crippen LogP contribution in [0.5, 0.6) is 0 Å². The van der Waals surface area contributed by atoms with Crippen LogP contribution >= 0.6 is 15.9 Å². The van der Waals surface area contributed by atoms with E-state index in [4.69, 9.17) is 4.99 Å². The van der Waals surface area contributed by atoms with Gasteiger partial charge in [-0.05, 0) is 93.9 Å². The Balaban J connectivity index is 5.22. The van der Waals surface area contributed by atoms with Crippen LogP contribution in [0.1, 0.15) is 41.0 Å². The maximum Gasteiger partial charge on any atom is 0.0721 e. The van der Waals surface area contributed by atoms with Crippen molar-refractivity contribution in [3.05, 3.63) is 81.8 Å². The standard InChI is InChI=1S/C28H44BrN5/c1-11-13-26(21(2)3)28(33-25(7)27(29)19-30-8)18-24(6)32-16-12-17-34(10)20-22(4)14-15-23(5)31-9/h11,13-15,18-19,31-32H,4-5,12,16-17,20H2,1-3,6-10H3/b13-11-,15-14-,24-18+,27-25-,30-19?,33-28+. The van der Waals surface area contributed by atoms with Crippen molar-refractivity contribution >= 4 is 27.9 Å². The summed E-state index contributed by atoms with van der Waals surface area (Å²) in [4.78, 5) is 11.2. The van der Waals surface area contributed by atoms with Crippen LogP contribution in [0.4, 0.5) is 0 Å². The zero-order valence-corrected chi connectivity index (χ0v) is 24.0. The Hall–Kier alpha value is -2.44. The number of allylic oxidation sites excluding steroid dienone is 9. The van der Waals surface area contributed by atoms with E-state index in [9.17, 15) is 0 Å². The lowest BCUT2D eigenvalue weighted by atomic mass is 10.0. The number of aliphatic imine (C=N–C) groups is 2. The highest BCUT2D eigenvalue weighted by atomic mass is 79.9. The fourth-order valence-electron chi connectivity index (χ4n) is 2.96. The Morgan fingerprint density at radius 3 is 2.32 bits per heavy atom. The zero-order chi connectivity index (χ0) is 26.1. The van der Waals surface area contributed by atoms with E-state index in [1.807, 2.05) is 39.1 Å². The van der Waals surface area contributed by atoms with Crippen LogP contribution in [0.15, 0.2) is 91.8 Å². The van der Waals surface area contributed by atoms with Crippen molar-refractivity contribution in [1.29, 1.82) is 0 Å². The molecule has 0 aromatic rings. The van der Waals surface area contributed by atoms with E-state index in [1.165, 1.54) is 5.57 Å². The molecule has 0 atom stereocenters. The predicted octanol–water partition coefficient (Wildman–Crippen LogP) is 6.33. The van der Waals surface area contributed by atoms with E-state index in [0.29, 0.717) is 0 Å². The van der Waals surface area contributed by atoms with Crippen molar-refractivity contribution in [2.24, 2.45) is 9.98 Å². The molecule has 0 amide bonds. The third-order valence-corrected chi connectivity index (χ3v) is 5.59. The summed E-state index contributed by atoms with van der Waals surface area (Å²) in [6.45, 7) is 21.0. The van der Waals surface area contributed by atoms with Crippen LogP contribution in [0.3, 0.4) is 0 Å². The normalized spacial score (nSPS) is 13.7. The lowest BCUT2D eigenvalue weighted by Gasteiger charge is -2.17. The highest BCUT2D eigenvalue weighted by Gasteiger charge is 2.07. The minimum absolute atomic E-state index is 0.827. The fraction of sp³-hybridized carbons (Fsp3) is 0.429. The maximum absolute atomic E-state index is 4.90. The van der Waals surface area contributed by atoms with Crippen LogP contribution in [-0.4, -0.2) is 57.6 Å². The molecule has 0 aliphatic rings. The molecule has 6 heteroatoms. The highest BCUT2D eigenvalue weighted by molar-refractivity contribution is 9.12. The largest absolute Gasteiger partial charge is 0.389 e. The van der Waals surface area contributed by atoms with Gasteiger partial charge in [0, 0.05) is 44.8 Å². The van der Waals surface area contributed by atoms with Gasteiger partial charge in [0.2, 0.25) is 0 Å². The van der Waals surface area contributed by atoms with Gasteiger partial charge in [0.05, 0.1) is 15.9 Å². The van der Waals surface area contributed by atoms with Gasteiger partial charge in [-0.3, -0.25) is 9.98 Å². The smallest absolute Gasteiger partial charge is 0.0721 e. The van der Waals surface area contributed by atoms with Gasteiger partial charge in [-0.2, -0.15) is 0 Å². The van der Waals surface area contributed by atoms with Gasteiger partial charge in [0.15, 0.2) is 0 Å². The van der Waals surface area contributed by atoms with Gasteiger partial charge >= 0.3 is 0 Å². The van der Waals surface area contributed by atoms with E-state index in [-0.39, 0.29) is 0 Å². The number of rotatable bonds is 15. The average Bonchev–Trinajstić information content (AvgIpc) is 2.78. The first-order valence-electron chi connectivity index (χ1n) is 11.6. The Kier molecular flexibility index (Phi) is 16.7. The summed E-state index contributed by atoms with van der Waals surface area (Å²) >= 11 is 3.56. The number of nitrogens with zero attached hydrogens (tertiary/aromatic N) is 3. The van der Waals surface area contributed by atoms with Gasteiger partial charge in [-0.25, -0.2) is 0 Å². The third-order valence-electron chi connectivity index (χ3n) is 4.81. The molecule has 0 rings (SSSR count). The van der Waals surface area contributed by atoms with Gasteiger partial charge in [0.25, 0.3) is 0 Å². The first-order chi connectivity index (χ1) is 16.0. The molecule has 0 radical (unpaired) electrons. The molecule has 0 bridgehead atoms. The molecular weight excluding hydrogens is 486 g/mol. The molecule has 0 saturated heterocycles. The van der Waals surface area contributed by atoms with Crippen LogP contribution in [0.2, 0.25) is 0 Å². The lowest BCUT2D eigenvalue weighted by molar-refractivity contribution is 0.357. The average molecular weight is 531 g/mol. The van der Waals surface area contributed by atoms with E-state index in [1.54, 1.807) is 13.3 Å². The number of nitrogens with one attached hydrogen (secondary N) is 2. The molecule has 0 fully saturated rings. The summed E-state index contributed by atoms with van der Waals surface area (Å²) in [5.74, 6) is 0. The Morgan fingerprint density at radius 1 is 1.09 bits per heavy atom. The van der Waals surface area contributed by atoms with Gasteiger partial charge in [0.1, 0.15) is 0 Å². The summed E-state index contributed by atoms with van der Waals surface area (Å²) in [6, 6.07) is 0. The second kappa shape index (κ2) is 18.0. The number of hydrogen-bond donors (Lipinski definition) is 2. The second-order valence-electron chi connectivity index (χ2n) is 8.34. The SMILES string of the molecule is C=C(/C=C\C(=C)NC)CN(C)CCCN/C(C)=C/C(=N\C(C)=C(/Br)C=NC)C(/C=C\C)=C(C)C. The molecule has 0 heterocycles. The summed E-state index contributed by atoms with van der Waals surface area (Å²) in [5.41, 5.74) is 7.14. The predicted molar refractivity (Wildman–Crippen MR) is 157 cm³/mol. The van der Waals surface area contributed by atoms with Gasteiger partial charge in [-0.1, -0.05) is 37.0 Å². The second-order valence-corrected chi connectivity index (χ2v) is 9.20. The Labute approximate surface area is 216 Å². The number of halogens is 1. The van der Waals surface area contributed by atoms with Crippen molar-refractivity contribution in [3.63, 3.8) is 0 Å². The molecule has 0 aromatic heterocycles. The van der Waals surface area contributed by atoms with Crippen molar-refractivity contribution in [3.8, 4) is 0 Å². The van der Waals surface area contributed by atoms with Crippen molar-refractivity contribution in [1.82, 2.24) is 15.5 Å². The summed E-state index contributed by atoms with van der Waals surface area (Å²) in [7, 11) is 5.72. The van der Waals surface area contributed by atoms with E-state index < -0.39 is 0 Å². The van der Waals surface area contributed by atoms with Crippen LogP contribution in [-0.2, 0) is 0 Å². The third kappa shape index (κ3) is 14.0. The molecule has 0 aliphatic carbocycles. The summed E-state index contributed by atoms with van der Waals surface area (Å²) in [6.07, 6.45) is 13.0. The minimum atomic E-state index is 0.827. The summed E-state index contributed by atoms with van der Waals surface area (Å²) in [5, 5.41) is 6.54. The monoisotopic (exact) mass is 529 g/mol. The van der Waals surface area contributed by atoms with Crippen LogP contribution in [0, 0.1) is 0 Å². The first-order valence-corrected chi connectivity index (χ1v) is 12.4. The zero-order valence-electron chi connectivity index (χ0n) is 22.4. The summed E-state index contributed by atoms with van der Waals surface area (Å²) < 4.78 is 0.870. The molecule has 0 spiro atoms. The van der Waals surface area contributed by atoms with E-state index >= 15 is 0 Å². The first kappa shape index (κ1) is 31.6. The van der Waals surface area contributed by atoms with Gasteiger partial charge in [-0.15, -0.1) is 0 Å². The van der Waals surface area contributed by atoms with Crippen molar-refractivity contribution in [2.45, 2.75) is 41.0 Å². The molecule has 0 aromatic carbocycles. The fourth-order valence-corrected chi connectivity index (χ4v) is 3.25. The molecule has 188 valence electrons. The molecule has 34 heavy (non-hydrogen) atoms. The highest BCUT2D eigenvalue weighted by Crippen LogP contribution is 2.16. The van der Waals surface area contributed by atoms with Crippen molar-refractivity contribution < 1.29 is 0 Å². The molecule has 2 N–H and O–H groups in total. The maximum atomic E-state index is 4.90. The quantitative estimate of drug-likeness (QED) is 0.148. The molecule has 0 saturated carbocycles. The minimum Gasteiger partial charge on any atom is -0.389 e. The Bertz CT molecular complexity index is 894. The topological polar surface area (TPSA) is 52.0 Å². The van der Waals surface area contributed by atoms with E-state index in [2.05, 4.69) is 89.6 Å². The van der Waals surface area contributed by atoms with Gasteiger partial charge < -0.3 is 15.5 Å². The molecule has 0 unspecified atom stereocenters.